The van der Waals surface area contributed by atoms with Gasteiger partial charge in [-0.1, -0.05) is 12.1 Å². The molecule has 0 aliphatic heterocycles. The number of aromatic amines is 1. The van der Waals surface area contributed by atoms with E-state index in [2.05, 4.69) is 25.3 Å². The van der Waals surface area contributed by atoms with Gasteiger partial charge in [0.25, 0.3) is 5.91 Å². The molecule has 0 aliphatic rings. The van der Waals surface area contributed by atoms with Crippen LogP contribution in [0.3, 0.4) is 0 Å². The summed E-state index contributed by atoms with van der Waals surface area (Å²) in [4.78, 5) is 28.3. The van der Waals surface area contributed by atoms with Crippen LogP contribution in [0.5, 0.6) is 0 Å². The number of rotatable bonds is 4. The lowest BCUT2D eigenvalue weighted by Crippen LogP contribution is -2.11. The fourth-order valence-electron chi connectivity index (χ4n) is 3.00. The van der Waals surface area contributed by atoms with E-state index >= 15 is 0 Å². The first kappa shape index (κ1) is 16.0. The van der Waals surface area contributed by atoms with E-state index < -0.39 is 0 Å². The van der Waals surface area contributed by atoms with E-state index in [1.165, 1.54) is 0 Å². The van der Waals surface area contributed by atoms with Gasteiger partial charge in [0.1, 0.15) is 11.5 Å². The topological polar surface area (TPSA) is 92.9 Å². The largest absolute Gasteiger partial charge is 0.345 e. The van der Waals surface area contributed by atoms with Gasteiger partial charge in [0.15, 0.2) is 5.82 Å². The quantitative estimate of drug-likeness (QED) is 0.509. The van der Waals surface area contributed by atoms with Crippen molar-refractivity contribution in [2.24, 2.45) is 0 Å². The van der Waals surface area contributed by atoms with Crippen LogP contribution in [-0.4, -0.2) is 34.8 Å². The molecule has 0 saturated carbocycles. The van der Waals surface area contributed by atoms with E-state index in [-0.39, 0.29) is 5.91 Å². The number of fused-ring (bicyclic) bond motifs is 1. The summed E-state index contributed by atoms with van der Waals surface area (Å²) in [7, 11) is 0. The van der Waals surface area contributed by atoms with E-state index in [4.69, 9.17) is 0 Å². The minimum absolute atomic E-state index is 0.218. The van der Waals surface area contributed by atoms with E-state index in [0.29, 0.717) is 11.4 Å². The second-order valence-corrected chi connectivity index (χ2v) is 6.22. The second-order valence-electron chi connectivity index (χ2n) is 6.22. The molecule has 0 fully saturated rings. The molecular formula is C20H15N7O. The SMILES string of the molecule is O=C(Nc1cn2cc(-n3ccnc3)ccc2n1)c1ccc(-c2ncc[nH]2)cc1. The van der Waals surface area contributed by atoms with E-state index in [9.17, 15) is 4.79 Å². The van der Waals surface area contributed by atoms with Crippen molar-refractivity contribution in [1.29, 1.82) is 0 Å². The average molecular weight is 369 g/mol. The summed E-state index contributed by atoms with van der Waals surface area (Å²) < 4.78 is 3.77. The monoisotopic (exact) mass is 369 g/mol. The van der Waals surface area contributed by atoms with Gasteiger partial charge in [-0.25, -0.2) is 15.0 Å². The lowest BCUT2D eigenvalue weighted by molar-refractivity contribution is 0.102. The third-order valence-electron chi connectivity index (χ3n) is 4.40. The number of imidazole rings is 3. The van der Waals surface area contributed by atoms with Gasteiger partial charge in [-0.3, -0.25) is 4.79 Å². The van der Waals surface area contributed by atoms with Crippen LogP contribution in [0, 0.1) is 0 Å². The third kappa shape index (κ3) is 2.92. The summed E-state index contributed by atoms with van der Waals surface area (Å²) in [6, 6.07) is 11.1. The van der Waals surface area contributed by atoms with Gasteiger partial charge >= 0.3 is 0 Å². The number of carbonyl (C=O) groups excluding carboxylic acids is 1. The van der Waals surface area contributed by atoms with Gasteiger partial charge in [0.2, 0.25) is 0 Å². The maximum atomic E-state index is 12.5. The number of H-pyrrole nitrogens is 1. The molecule has 0 radical (unpaired) electrons. The number of nitrogens with zero attached hydrogens (tertiary/aromatic N) is 5. The average Bonchev–Trinajstić information content (AvgIpc) is 3.48. The Hall–Kier alpha value is -4.20. The molecule has 136 valence electrons. The van der Waals surface area contributed by atoms with Gasteiger partial charge in [0.05, 0.1) is 18.2 Å². The van der Waals surface area contributed by atoms with Crippen LogP contribution < -0.4 is 5.32 Å². The Bertz CT molecular complexity index is 1240. The Kier molecular flexibility index (Phi) is 3.72. The van der Waals surface area contributed by atoms with Crippen LogP contribution in [0.25, 0.3) is 22.7 Å². The fraction of sp³-hybridized carbons (Fsp3) is 0. The highest BCUT2D eigenvalue weighted by Gasteiger charge is 2.10. The molecule has 1 amide bonds. The molecule has 1 aromatic carbocycles. The number of hydrogen-bond donors (Lipinski definition) is 2. The number of aromatic nitrogens is 6. The molecular weight excluding hydrogens is 354 g/mol. The first-order chi connectivity index (χ1) is 13.8. The van der Waals surface area contributed by atoms with E-state index in [1.54, 1.807) is 43.2 Å². The summed E-state index contributed by atoms with van der Waals surface area (Å²) in [5, 5.41) is 2.84. The van der Waals surface area contributed by atoms with Gasteiger partial charge in [-0.05, 0) is 24.3 Å². The predicted octanol–water partition coefficient (Wildman–Crippen LogP) is 3.16. The van der Waals surface area contributed by atoms with Gasteiger partial charge in [-0.15, -0.1) is 0 Å². The Morgan fingerprint density at radius 2 is 1.93 bits per heavy atom. The maximum absolute atomic E-state index is 12.5. The second kappa shape index (κ2) is 6.51. The first-order valence-corrected chi connectivity index (χ1v) is 8.64. The highest BCUT2D eigenvalue weighted by Crippen LogP contribution is 2.17. The predicted molar refractivity (Wildman–Crippen MR) is 104 cm³/mol. The fourth-order valence-corrected chi connectivity index (χ4v) is 3.00. The highest BCUT2D eigenvalue weighted by molar-refractivity contribution is 6.04. The zero-order valence-corrected chi connectivity index (χ0v) is 14.6. The molecule has 5 aromatic rings. The standard InChI is InChI=1S/C20H15N7O/c28-20(15-3-1-14(2-4-15)19-22-7-8-23-19)25-17-12-27-11-16(5-6-18(27)24-17)26-10-9-21-13-26/h1-13H,(H,22,23)(H,25,28). The van der Waals surface area contributed by atoms with Crippen molar-refractivity contribution in [3.63, 3.8) is 0 Å². The van der Waals surface area contributed by atoms with Crippen LogP contribution in [-0.2, 0) is 0 Å². The summed E-state index contributed by atoms with van der Waals surface area (Å²) in [5.74, 6) is 1.04. The smallest absolute Gasteiger partial charge is 0.256 e. The van der Waals surface area contributed by atoms with Crippen LogP contribution in [0.2, 0.25) is 0 Å². The summed E-state index contributed by atoms with van der Waals surface area (Å²) in [5.41, 5.74) is 3.16. The third-order valence-corrected chi connectivity index (χ3v) is 4.40. The number of benzene rings is 1. The van der Waals surface area contributed by atoms with Crippen molar-refractivity contribution < 1.29 is 4.79 Å². The number of pyridine rings is 1. The Morgan fingerprint density at radius 1 is 1.04 bits per heavy atom. The minimum Gasteiger partial charge on any atom is -0.345 e. The normalized spacial score (nSPS) is 11.0. The molecule has 0 saturated heterocycles. The lowest BCUT2D eigenvalue weighted by atomic mass is 10.1. The molecule has 0 bridgehead atoms. The molecule has 8 nitrogen and oxygen atoms in total. The number of carbonyl (C=O) groups is 1. The van der Waals surface area contributed by atoms with Crippen LogP contribution in [0.15, 0.2) is 79.9 Å². The van der Waals surface area contributed by atoms with Gasteiger partial charge in [0, 0.05) is 42.1 Å². The Morgan fingerprint density at radius 3 is 2.68 bits per heavy atom. The molecule has 4 aromatic heterocycles. The lowest BCUT2D eigenvalue weighted by Gasteiger charge is -2.03. The Labute approximate surface area is 159 Å². The first-order valence-electron chi connectivity index (χ1n) is 8.64. The zero-order valence-electron chi connectivity index (χ0n) is 14.6. The molecule has 0 atom stereocenters. The molecule has 0 spiro atoms. The molecule has 4 heterocycles. The van der Waals surface area contributed by atoms with Gasteiger partial charge < -0.3 is 19.3 Å². The van der Waals surface area contributed by atoms with Crippen LogP contribution >= 0.6 is 0 Å². The van der Waals surface area contributed by atoms with Crippen molar-refractivity contribution >= 4 is 17.4 Å². The molecule has 2 N–H and O–H groups in total. The van der Waals surface area contributed by atoms with Crippen LogP contribution in [0.4, 0.5) is 5.82 Å². The molecule has 0 unspecified atom stereocenters. The van der Waals surface area contributed by atoms with Crippen molar-refractivity contribution in [2.75, 3.05) is 5.32 Å². The van der Waals surface area contributed by atoms with Crippen molar-refractivity contribution in [3.05, 3.63) is 85.5 Å². The number of anilines is 1. The minimum atomic E-state index is -0.218. The molecule has 8 heteroatoms. The van der Waals surface area contributed by atoms with E-state index in [0.717, 1.165) is 22.7 Å². The Balaban J connectivity index is 1.36. The summed E-state index contributed by atoms with van der Waals surface area (Å²) >= 11 is 0. The van der Waals surface area contributed by atoms with Crippen molar-refractivity contribution in [2.45, 2.75) is 0 Å². The van der Waals surface area contributed by atoms with Gasteiger partial charge in [-0.2, -0.15) is 0 Å². The summed E-state index contributed by atoms with van der Waals surface area (Å²) in [6.07, 6.45) is 12.5. The molecule has 0 aliphatic carbocycles. The summed E-state index contributed by atoms with van der Waals surface area (Å²) in [6.45, 7) is 0. The zero-order chi connectivity index (χ0) is 18.9. The van der Waals surface area contributed by atoms with E-state index in [1.807, 2.05) is 45.6 Å². The van der Waals surface area contributed by atoms with Crippen molar-refractivity contribution in [1.82, 2.24) is 28.9 Å². The number of hydrogen-bond acceptors (Lipinski definition) is 4. The molecule has 28 heavy (non-hydrogen) atoms. The molecule has 5 rings (SSSR count). The van der Waals surface area contributed by atoms with Crippen LogP contribution in [0.1, 0.15) is 10.4 Å². The number of amides is 1. The maximum Gasteiger partial charge on any atom is 0.256 e. The number of nitrogens with one attached hydrogen (secondary N) is 2. The highest BCUT2D eigenvalue weighted by atomic mass is 16.1. The van der Waals surface area contributed by atoms with Crippen molar-refractivity contribution in [3.8, 4) is 17.1 Å².